The summed E-state index contributed by atoms with van der Waals surface area (Å²) in [5.74, 6) is 0.0914. The van der Waals surface area contributed by atoms with E-state index in [1.54, 1.807) is 6.08 Å². The van der Waals surface area contributed by atoms with Gasteiger partial charge in [-0.2, -0.15) is 0 Å². The van der Waals surface area contributed by atoms with Crippen molar-refractivity contribution in [1.82, 2.24) is 4.90 Å². The summed E-state index contributed by atoms with van der Waals surface area (Å²) in [6, 6.07) is 20.4. The Balaban J connectivity index is 2.26. The predicted molar refractivity (Wildman–Crippen MR) is 104 cm³/mol. The smallest absolute Gasteiger partial charge is 0.174 e. The van der Waals surface area contributed by atoms with E-state index in [2.05, 4.69) is 36.1 Å². The normalized spacial score (nSPS) is 13.0. The molecule has 2 rings (SSSR count). The molecule has 0 aliphatic carbocycles. The predicted octanol–water partition coefficient (Wildman–Crippen LogP) is 4.29. The number of carbonyl (C=O) groups is 1. The van der Waals surface area contributed by atoms with Gasteiger partial charge in [-0.15, -0.1) is 0 Å². The average molecular weight is 336 g/mol. The van der Waals surface area contributed by atoms with Crippen molar-refractivity contribution in [3.8, 4) is 0 Å². The third-order valence-electron chi connectivity index (χ3n) is 4.35. The van der Waals surface area contributed by atoms with E-state index >= 15 is 0 Å². The van der Waals surface area contributed by atoms with Crippen LogP contribution >= 0.6 is 0 Å². The summed E-state index contributed by atoms with van der Waals surface area (Å²) in [7, 11) is 0. The lowest BCUT2D eigenvalue weighted by molar-refractivity contribution is -0.120. The third kappa shape index (κ3) is 5.87. The molecule has 0 saturated heterocycles. The van der Waals surface area contributed by atoms with Crippen molar-refractivity contribution >= 4 is 5.78 Å². The largest absolute Gasteiger partial charge is 0.402 e. The van der Waals surface area contributed by atoms with Crippen molar-refractivity contribution in [2.24, 2.45) is 5.73 Å². The maximum absolute atomic E-state index is 12.8. The van der Waals surface area contributed by atoms with Gasteiger partial charge in [0.2, 0.25) is 0 Å². The minimum absolute atomic E-state index is 0.0914. The molecular weight excluding hydrogens is 308 g/mol. The highest BCUT2D eigenvalue weighted by molar-refractivity contribution is 5.94. The van der Waals surface area contributed by atoms with Gasteiger partial charge in [-0.1, -0.05) is 74.5 Å². The Kier molecular flexibility index (Phi) is 7.42. The summed E-state index contributed by atoms with van der Waals surface area (Å²) in [6.45, 7) is 5.49. The molecule has 1 unspecified atom stereocenters. The molecule has 25 heavy (non-hydrogen) atoms. The average Bonchev–Trinajstić information content (AvgIpc) is 2.63. The number of nitrogens with zero attached hydrogens (tertiary/aromatic N) is 1. The molecule has 0 fully saturated rings. The zero-order chi connectivity index (χ0) is 18.1. The van der Waals surface area contributed by atoms with Crippen LogP contribution in [-0.4, -0.2) is 16.7 Å². The van der Waals surface area contributed by atoms with Crippen LogP contribution in [-0.2, 0) is 17.9 Å². The molecule has 0 saturated carbocycles. The minimum Gasteiger partial charge on any atom is -0.402 e. The zero-order valence-electron chi connectivity index (χ0n) is 15.2. The molecule has 132 valence electrons. The standard InChI is InChI=1S/C22H28N2O/c1-3-20(23)15-22(25)21(4-2)24(16-18-11-7-5-8-12-18)17-19-13-9-6-10-14-19/h5-15,21H,3-4,16-17,23H2,1-2H3/b20-15-. The second kappa shape index (κ2) is 9.80. The fourth-order valence-electron chi connectivity index (χ4n) is 2.93. The zero-order valence-corrected chi connectivity index (χ0v) is 15.2. The summed E-state index contributed by atoms with van der Waals surface area (Å²) in [4.78, 5) is 15.0. The van der Waals surface area contributed by atoms with E-state index in [9.17, 15) is 4.79 Å². The molecule has 2 N–H and O–H groups in total. The summed E-state index contributed by atoms with van der Waals surface area (Å²) in [5.41, 5.74) is 8.95. The second-order valence-electron chi connectivity index (χ2n) is 6.28. The number of hydrogen-bond acceptors (Lipinski definition) is 3. The monoisotopic (exact) mass is 336 g/mol. The van der Waals surface area contributed by atoms with E-state index in [0.29, 0.717) is 12.1 Å². The van der Waals surface area contributed by atoms with Crippen molar-refractivity contribution in [2.45, 2.75) is 45.8 Å². The molecule has 3 heteroatoms. The molecule has 0 bridgehead atoms. The molecule has 0 aliphatic rings. The van der Waals surface area contributed by atoms with E-state index in [1.165, 1.54) is 11.1 Å². The van der Waals surface area contributed by atoms with Gasteiger partial charge in [0.25, 0.3) is 0 Å². The van der Waals surface area contributed by atoms with Crippen LogP contribution in [0.1, 0.15) is 37.8 Å². The second-order valence-corrected chi connectivity index (χ2v) is 6.28. The quantitative estimate of drug-likeness (QED) is 0.695. The van der Waals surface area contributed by atoms with E-state index < -0.39 is 0 Å². The van der Waals surface area contributed by atoms with Gasteiger partial charge in [0, 0.05) is 24.9 Å². The third-order valence-corrected chi connectivity index (χ3v) is 4.35. The van der Waals surface area contributed by atoms with Gasteiger partial charge in [-0.05, 0) is 24.0 Å². The number of benzene rings is 2. The maximum atomic E-state index is 12.8. The molecule has 2 aromatic carbocycles. The van der Waals surface area contributed by atoms with E-state index in [0.717, 1.165) is 19.5 Å². The van der Waals surface area contributed by atoms with Gasteiger partial charge in [0.1, 0.15) is 0 Å². The Bertz CT molecular complexity index is 638. The highest BCUT2D eigenvalue weighted by atomic mass is 16.1. The SMILES string of the molecule is CC/C(N)=C/C(=O)C(CC)N(Cc1ccccc1)Cc1ccccc1. The molecule has 1 atom stereocenters. The summed E-state index contributed by atoms with van der Waals surface area (Å²) < 4.78 is 0. The Morgan fingerprint density at radius 2 is 1.44 bits per heavy atom. The first-order chi connectivity index (χ1) is 12.1. The van der Waals surface area contributed by atoms with E-state index in [1.807, 2.05) is 43.3 Å². The first-order valence-electron chi connectivity index (χ1n) is 8.95. The first kappa shape index (κ1) is 18.9. The van der Waals surface area contributed by atoms with Gasteiger partial charge in [-0.3, -0.25) is 9.69 Å². The van der Waals surface area contributed by atoms with Crippen molar-refractivity contribution in [2.75, 3.05) is 0 Å². The van der Waals surface area contributed by atoms with Gasteiger partial charge >= 0.3 is 0 Å². The molecule has 0 radical (unpaired) electrons. The van der Waals surface area contributed by atoms with Crippen LogP contribution in [0.25, 0.3) is 0 Å². The summed E-state index contributed by atoms with van der Waals surface area (Å²) in [6.07, 6.45) is 3.06. The molecule has 0 spiro atoms. The lowest BCUT2D eigenvalue weighted by atomic mass is 10.0. The highest BCUT2D eigenvalue weighted by Gasteiger charge is 2.23. The number of ketones is 1. The lowest BCUT2D eigenvalue weighted by Crippen LogP contribution is -2.39. The van der Waals surface area contributed by atoms with Crippen LogP contribution < -0.4 is 5.73 Å². The number of nitrogens with two attached hydrogens (primary N) is 1. The highest BCUT2D eigenvalue weighted by Crippen LogP contribution is 2.17. The molecule has 2 aromatic rings. The number of carbonyl (C=O) groups excluding carboxylic acids is 1. The van der Waals surface area contributed by atoms with Gasteiger partial charge in [0.05, 0.1) is 6.04 Å². The van der Waals surface area contributed by atoms with Gasteiger partial charge in [-0.25, -0.2) is 0 Å². The Labute approximate surface area is 151 Å². The number of rotatable bonds is 9. The van der Waals surface area contributed by atoms with E-state index in [4.69, 9.17) is 5.73 Å². The topological polar surface area (TPSA) is 46.3 Å². The van der Waals surface area contributed by atoms with E-state index in [-0.39, 0.29) is 11.8 Å². The maximum Gasteiger partial charge on any atom is 0.174 e. The van der Waals surface area contributed by atoms with Crippen LogP contribution in [0.15, 0.2) is 72.4 Å². The minimum atomic E-state index is -0.175. The number of allylic oxidation sites excluding steroid dienone is 1. The fourth-order valence-corrected chi connectivity index (χ4v) is 2.93. The first-order valence-corrected chi connectivity index (χ1v) is 8.95. The Morgan fingerprint density at radius 3 is 1.84 bits per heavy atom. The van der Waals surface area contributed by atoms with Crippen molar-refractivity contribution in [1.29, 1.82) is 0 Å². The van der Waals surface area contributed by atoms with Crippen LogP contribution in [0.5, 0.6) is 0 Å². The van der Waals surface area contributed by atoms with Crippen LogP contribution in [0.4, 0.5) is 0 Å². The molecule has 0 aliphatic heterocycles. The molecule has 0 amide bonds. The van der Waals surface area contributed by atoms with Gasteiger partial charge < -0.3 is 5.73 Å². The lowest BCUT2D eigenvalue weighted by Gasteiger charge is -2.30. The van der Waals surface area contributed by atoms with Crippen LogP contribution in [0.2, 0.25) is 0 Å². The van der Waals surface area contributed by atoms with Crippen molar-refractivity contribution in [3.05, 3.63) is 83.6 Å². The Morgan fingerprint density at radius 1 is 0.960 bits per heavy atom. The fraction of sp³-hybridized carbons (Fsp3) is 0.318. The van der Waals surface area contributed by atoms with Gasteiger partial charge in [0.15, 0.2) is 5.78 Å². The molecule has 3 nitrogen and oxygen atoms in total. The van der Waals surface area contributed by atoms with Crippen LogP contribution in [0, 0.1) is 0 Å². The number of hydrogen-bond donors (Lipinski definition) is 1. The molecule has 0 aromatic heterocycles. The summed E-state index contributed by atoms with van der Waals surface area (Å²) >= 11 is 0. The van der Waals surface area contributed by atoms with Crippen molar-refractivity contribution < 1.29 is 4.79 Å². The molecular formula is C22H28N2O. The van der Waals surface area contributed by atoms with Crippen LogP contribution in [0.3, 0.4) is 0 Å². The molecule has 0 heterocycles. The van der Waals surface area contributed by atoms with Crippen molar-refractivity contribution in [3.63, 3.8) is 0 Å². The Hall–Kier alpha value is -2.39. The summed E-state index contributed by atoms with van der Waals surface area (Å²) in [5, 5.41) is 0.